The molecule has 1 heterocycles. The van der Waals surface area contributed by atoms with Crippen LogP contribution in [0, 0.1) is 0 Å². The molecule has 1 N–H and O–H groups in total. The van der Waals surface area contributed by atoms with Crippen molar-refractivity contribution in [3.8, 4) is 5.75 Å². The lowest BCUT2D eigenvalue weighted by molar-refractivity contribution is -0.111. The van der Waals surface area contributed by atoms with Crippen LogP contribution in [0.5, 0.6) is 5.75 Å². The zero-order valence-electron chi connectivity index (χ0n) is 15.0. The van der Waals surface area contributed by atoms with Gasteiger partial charge < -0.3 is 4.74 Å². The van der Waals surface area contributed by atoms with Gasteiger partial charge in [0.1, 0.15) is 12.4 Å². The topological polar surface area (TPSA) is 51.2 Å². The van der Waals surface area contributed by atoms with Crippen molar-refractivity contribution < 1.29 is 9.53 Å². The van der Waals surface area contributed by atoms with Gasteiger partial charge in [-0.05, 0) is 41.5 Å². The Bertz CT molecular complexity index is 1070. The second-order valence-electron chi connectivity index (χ2n) is 6.15. The Hall–Kier alpha value is -3.44. The van der Waals surface area contributed by atoms with Crippen LogP contribution in [0.1, 0.15) is 11.1 Å². The lowest BCUT2D eigenvalue weighted by Crippen LogP contribution is -2.07. The van der Waals surface area contributed by atoms with Gasteiger partial charge in [0.25, 0.3) is 0 Å². The van der Waals surface area contributed by atoms with E-state index in [-0.39, 0.29) is 5.91 Å². The summed E-state index contributed by atoms with van der Waals surface area (Å²) in [6, 6.07) is 25.5. The Labute approximate surface area is 167 Å². The van der Waals surface area contributed by atoms with Crippen LogP contribution in [0.4, 0.5) is 5.13 Å². The molecular weight excluding hydrogens is 368 g/mol. The summed E-state index contributed by atoms with van der Waals surface area (Å²) in [5.74, 6) is 0.586. The molecule has 1 amide bonds. The third kappa shape index (κ3) is 4.64. The molecule has 1 aromatic heterocycles. The highest BCUT2D eigenvalue weighted by atomic mass is 32.1. The minimum Gasteiger partial charge on any atom is -0.489 e. The molecule has 4 rings (SSSR count). The molecule has 0 spiro atoms. The average Bonchev–Trinajstić information content (AvgIpc) is 3.14. The van der Waals surface area contributed by atoms with E-state index < -0.39 is 0 Å². The van der Waals surface area contributed by atoms with Gasteiger partial charge in [0.05, 0.1) is 10.2 Å². The number of nitrogens with one attached hydrogen (secondary N) is 1. The summed E-state index contributed by atoms with van der Waals surface area (Å²) in [6.45, 7) is 0.528. The average molecular weight is 386 g/mol. The Morgan fingerprint density at radius 2 is 1.71 bits per heavy atom. The van der Waals surface area contributed by atoms with Crippen molar-refractivity contribution in [1.82, 2.24) is 4.98 Å². The molecule has 28 heavy (non-hydrogen) atoms. The van der Waals surface area contributed by atoms with Crippen LogP contribution < -0.4 is 10.1 Å². The summed E-state index contributed by atoms with van der Waals surface area (Å²) >= 11 is 1.46. The van der Waals surface area contributed by atoms with Gasteiger partial charge in [-0.2, -0.15) is 0 Å². The van der Waals surface area contributed by atoms with Crippen LogP contribution in [-0.2, 0) is 11.4 Å². The summed E-state index contributed by atoms with van der Waals surface area (Å²) in [6.07, 6.45) is 3.27. The Balaban J connectivity index is 1.32. The molecule has 0 aliphatic carbocycles. The summed E-state index contributed by atoms with van der Waals surface area (Å²) < 4.78 is 6.82. The van der Waals surface area contributed by atoms with Crippen molar-refractivity contribution in [3.63, 3.8) is 0 Å². The number of benzene rings is 3. The summed E-state index contributed by atoms with van der Waals surface area (Å²) in [7, 11) is 0. The van der Waals surface area contributed by atoms with E-state index in [1.54, 1.807) is 6.08 Å². The van der Waals surface area contributed by atoms with Crippen LogP contribution in [0.25, 0.3) is 16.3 Å². The van der Waals surface area contributed by atoms with E-state index >= 15 is 0 Å². The molecular formula is C23H18N2O2S. The zero-order chi connectivity index (χ0) is 19.2. The summed E-state index contributed by atoms with van der Waals surface area (Å²) in [5, 5.41) is 3.41. The molecule has 0 bridgehead atoms. The molecule has 0 saturated carbocycles. The van der Waals surface area contributed by atoms with Crippen molar-refractivity contribution in [1.29, 1.82) is 0 Å². The van der Waals surface area contributed by atoms with Crippen LogP contribution in [0.2, 0.25) is 0 Å². The number of para-hydroxylation sites is 1. The number of hydrogen-bond donors (Lipinski definition) is 1. The molecule has 4 nitrogen and oxygen atoms in total. The first-order valence-corrected chi connectivity index (χ1v) is 9.69. The van der Waals surface area contributed by atoms with Crippen molar-refractivity contribution in [2.45, 2.75) is 6.61 Å². The van der Waals surface area contributed by atoms with Crippen molar-refractivity contribution in [3.05, 3.63) is 96.1 Å². The number of amides is 1. The number of nitrogens with zero attached hydrogens (tertiary/aromatic N) is 1. The number of thiazole rings is 1. The quantitative estimate of drug-likeness (QED) is 0.444. The Kier molecular flexibility index (Phi) is 5.45. The van der Waals surface area contributed by atoms with E-state index in [0.29, 0.717) is 11.7 Å². The van der Waals surface area contributed by atoms with Gasteiger partial charge in [0.2, 0.25) is 5.91 Å². The van der Waals surface area contributed by atoms with E-state index in [2.05, 4.69) is 10.3 Å². The molecule has 4 aromatic rings. The maximum absolute atomic E-state index is 12.1. The highest BCUT2D eigenvalue weighted by Crippen LogP contribution is 2.25. The maximum Gasteiger partial charge on any atom is 0.250 e. The Morgan fingerprint density at radius 1 is 0.964 bits per heavy atom. The van der Waals surface area contributed by atoms with E-state index in [1.165, 1.54) is 17.4 Å². The summed E-state index contributed by atoms with van der Waals surface area (Å²) in [4.78, 5) is 16.5. The van der Waals surface area contributed by atoms with Gasteiger partial charge in [-0.25, -0.2) is 4.98 Å². The fourth-order valence-electron chi connectivity index (χ4n) is 2.66. The summed E-state index contributed by atoms with van der Waals surface area (Å²) in [5.41, 5.74) is 2.93. The molecule has 0 aliphatic rings. The first kappa shape index (κ1) is 17.9. The van der Waals surface area contributed by atoms with Gasteiger partial charge >= 0.3 is 0 Å². The van der Waals surface area contributed by atoms with Gasteiger partial charge in [0.15, 0.2) is 5.13 Å². The number of rotatable bonds is 6. The second-order valence-corrected chi connectivity index (χ2v) is 7.18. The Morgan fingerprint density at radius 3 is 2.50 bits per heavy atom. The number of hydrogen-bond acceptors (Lipinski definition) is 4. The molecule has 0 aliphatic heterocycles. The van der Waals surface area contributed by atoms with Gasteiger partial charge in [-0.3, -0.25) is 10.1 Å². The highest BCUT2D eigenvalue weighted by molar-refractivity contribution is 7.22. The van der Waals surface area contributed by atoms with Crippen LogP contribution >= 0.6 is 11.3 Å². The van der Waals surface area contributed by atoms with Crippen molar-refractivity contribution in [2.75, 3.05) is 5.32 Å². The molecule has 0 unspecified atom stereocenters. The third-order valence-corrected chi connectivity index (χ3v) is 5.03. The standard InChI is InChI=1S/C23H18N2O2S/c26-22(25-23-24-20-8-4-5-9-21(20)28-23)15-12-17-10-13-19(14-11-17)27-16-18-6-2-1-3-7-18/h1-15H,16H2,(H,24,25,26)/b15-12+. The first-order valence-electron chi connectivity index (χ1n) is 8.88. The van der Waals surface area contributed by atoms with Crippen LogP contribution in [0.3, 0.4) is 0 Å². The molecule has 0 radical (unpaired) electrons. The van der Waals surface area contributed by atoms with Crippen molar-refractivity contribution >= 4 is 38.7 Å². The van der Waals surface area contributed by atoms with Gasteiger partial charge in [0, 0.05) is 6.08 Å². The van der Waals surface area contributed by atoms with E-state index in [9.17, 15) is 4.79 Å². The van der Waals surface area contributed by atoms with Crippen LogP contribution in [-0.4, -0.2) is 10.9 Å². The normalized spacial score (nSPS) is 11.0. The fourth-order valence-corrected chi connectivity index (χ4v) is 3.53. The SMILES string of the molecule is O=C(/C=C/c1ccc(OCc2ccccc2)cc1)Nc1nc2ccccc2s1. The van der Waals surface area contributed by atoms with Gasteiger partial charge in [-0.1, -0.05) is 65.9 Å². The maximum atomic E-state index is 12.1. The number of carbonyl (C=O) groups is 1. The molecule has 3 aromatic carbocycles. The molecule has 0 saturated heterocycles. The monoisotopic (exact) mass is 386 g/mol. The molecule has 5 heteroatoms. The minimum absolute atomic E-state index is 0.205. The van der Waals surface area contributed by atoms with Crippen LogP contribution in [0.15, 0.2) is 84.9 Å². The number of carbonyl (C=O) groups excluding carboxylic acids is 1. The number of aromatic nitrogens is 1. The lowest BCUT2D eigenvalue weighted by Gasteiger charge is -2.06. The van der Waals surface area contributed by atoms with Crippen molar-refractivity contribution in [2.24, 2.45) is 0 Å². The van der Waals surface area contributed by atoms with Gasteiger partial charge in [-0.15, -0.1) is 0 Å². The highest BCUT2D eigenvalue weighted by Gasteiger charge is 2.05. The molecule has 0 atom stereocenters. The zero-order valence-corrected chi connectivity index (χ0v) is 15.9. The molecule has 0 fully saturated rings. The first-order chi connectivity index (χ1) is 13.8. The predicted molar refractivity (Wildman–Crippen MR) is 114 cm³/mol. The number of anilines is 1. The lowest BCUT2D eigenvalue weighted by atomic mass is 10.2. The largest absolute Gasteiger partial charge is 0.489 e. The molecule has 138 valence electrons. The van der Waals surface area contributed by atoms with E-state index in [1.807, 2.05) is 78.9 Å². The third-order valence-electron chi connectivity index (χ3n) is 4.08. The number of ether oxygens (including phenoxy) is 1. The predicted octanol–water partition coefficient (Wildman–Crippen LogP) is 5.53. The second kappa shape index (κ2) is 8.50. The number of fused-ring (bicyclic) bond motifs is 1. The fraction of sp³-hybridized carbons (Fsp3) is 0.0435. The van der Waals surface area contributed by atoms with E-state index in [4.69, 9.17) is 4.74 Å². The van der Waals surface area contributed by atoms with E-state index in [0.717, 1.165) is 27.1 Å². The smallest absolute Gasteiger partial charge is 0.250 e. The minimum atomic E-state index is -0.205.